The number of nitrogens with zero attached hydrogens (tertiary/aromatic N) is 6. The molecule has 0 unspecified atom stereocenters. The summed E-state index contributed by atoms with van der Waals surface area (Å²) in [5.74, 6) is 1.75. The van der Waals surface area contributed by atoms with E-state index in [9.17, 15) is 4.79 Å². The Labute approximate surface area is 211 Å². The molecule has 0 bridgehead atoms. The Kier molecular flexibility index (Phi) is 6.28. The number of nitrogens with one attached hydrogen (secondary N) is 1. The van der Waals surface area contributed by atoms with Gasteiger partial charge in [0.15, 0.2) is 11.6 Å². The van der Waals surface area contributed by atoms with Crippen molar-refractivity contribution >= 4 is 55.8 Å². The number of piperazine rings is 1. The summed E-state index contributed by atoms with van der Waals surface area (Å²) in [4.78, 5) is 29.8. The summed E-state index contributed by atoms with van der Waals surface area (Å²) in [5.41, 5.74) is 2.91. The largest absolute Gasteiger partial charge is 0.378 e. The van der Waals surface area contributed by atoms with E-state index in [1.54, 1.807) is 11.3 Å². The summed E-state index contributed by atoms with van der Waals surface area (Å²) in [5, 5.41) is 8.26. The molecule has 6 rings (SSSR count). The molecular formula is C24H26ClN7O2S. The molecule has 1 N–H and O–H groups in total. The van der Waals surface area contributed by atoms with Gasteiger partial charge in [-0.25, -0.2) is 9.97 Å². The molecule has 182 valence electrons. The summed E-state index contributed by atoms with van der Waals surface area (Å²) >= 11 is 7.49. The first-order chi connectivity index (χ1) is 17.2. The van der Waals surface area contributed by atoms with Crippen molar-refractivity contribution in [2.24, 2.45) is 0 Å². The first-order valence-corrected chi connectivity index (χ1v) is 13.2. The normalized spacial score (nSPS) is 17.5. The average Bonchev–Trinajstić information content (AvgIpc) is 3.55. The number of carbonyl (C=O) groups is 1. The molecule has 0 spiro atoms. The number of amides is 1. The standard InChI is InChI=1S/C24H26ClN7O2S/c25-13-21(33)31-6-4-30(5-7-31)15-16-12-20-22(35-16)24(32-8-10-34-11-9-32)28-23(27-20)17-2-1-3-19-18(17)14-26-29-19/h1-3,12,14H,4-11,13,15H2,(H,26,29). The highest BCUT2D eigenvalue weighted by Crippen LogP contribution is 2.36. The lowest BCUT2D eigenvalue weighted by molar-refractivity contribution is -0.130. The zero-order chi connectivity index (χ0) is 23.8. The van der Waals surface area contributed by atoms with E-state index >= 15 is 0 Å². The number of rotatable bonds is 5. The minimum absolute atomic E-state index is 0.0128. The Bertz CT molecular complexity index is 1360. The SMILES string of the molecule is O=C(CCl)N1CCN(Cc2cc3nc(-c4cccc5[nH]ncc45)nc(N4CCOCC4)c3s2)CC1. The minimum Gasteiger partial charge on any atom is -0.378 e. The summed E-state index contributed by atoms with van der Waals surface area (Å²) in [6.07, 6.45) is 1.83. The van der Waals surface area contributed by atoms with E-state index in [-0.39, 0.29) is 11.8 Å². The van der Waals surface area contributed by atoms with Crippen molar-refractivity contribution in [2.45, 2.75) is 6.54 Å². The summed E-state index contributed by atoms with van der Waals surface area (Å²) in [7, 11) is 0. The number of ether oxygens (including phenoxy) is 1. The first kappa shape index (κ1) is 22.7. The molecule has 0 atom stereocenters. The monoisotopic (exact) mass is 511 g/mol. The smallest absolute Gasteiger partial charge is 0.237 e. The van der Waals surface area contributed by atoms with E-state index in [0.29, 0.717) is 32.1 Å². The fourth-order valence-corrected chi connectivity index (χ4v) is 6.10. The van der Waals surface area contributed by atoms with Gasteiger partial charge < -0.3 is 14.5 Å². The number of halogens is 1. The Balaban J connectivity index is 1.34. The van der Waals surface area contributed by atoms with Gasteiger partial charge in [0.1, 0.15) is 5.88 Å². The van der Waals surface area contributed by atoms with E-state index in [1.165, 1.54) is 4.88 Å². The zero-order valence-corrected chi connectivity index (χ0v) is 20.8. The lowest BCUT2D eigenvalue weighted by atomic mass is 10.1. The second kappa shape index (κ2) is 9.69. The van der Waals surface area contributed by atoms with E-state index in [2.05, 4.69) is 32.1 Å². The van der Waals surface area contributed by atoms with Crippen LogP contribution in [0.1, 0.15) is 4.88 Å². The van der Waals surface area contributed by atoms with Crippen LogP contribution in [0.25, 0.3) is 32.5 Å². The number of hydrogen-bond acceptors (Lipinski definition) is 8. The van der Waals surface area contributed by atoms with Crippen LogP contribution in [-0.2, 0) is 16.1 Å². The Hall–Kier alpha value is -2.79. The van der Waals surface area contributed by atoms with Gasteiger partial charge in [0, 0.05) is 61.6 Å². The third-order valence-electron chi connectivity index (χ3n) is 6.66. The van der Waals surface area contributed by atoms with Gasteiger partial charge in [-0.15, -0.1) is 22.9 Å². The molecule has 2 fully saturated rings. The highest BCUT2D eigenvalue weighted by atomic mass is 35.5. The fraction of sp³-hybridized carbons (Fsp3) is 0.417. The molecule has 3 aromatic heterocycles. The fourth-order valence-electron chi connectivity index (χ4n) is 4.78. The predicted octanol–water partition coefficient (Wildman–Crippen LogP) is 2.95. The summed E-state index contributed by atoms with van der Waals surface area (Å²) in [6.45, 7) is 6.96. The van der Waals surface area contributed by atoms with Crippen LogP contribution in [-0.4, -0.2) is 94.2 Å². The summed E-state index contributed by atoms with van der Waals surface area (Å²) in [6, 6.07) is 8.26. The maximum absolute atomic E-state index is 11.9. The average molecular weight is 512 g/mol. The van der Waals surface area contributed by atoms with Crippen molar-refractivity contribution in [3.8, 4) is 11.4 Å². The second-order valence-electron chi connectivity index (χ2n) is 8.82. The molecule has 2 aliphatic rings. The van der Waals surface area contributed by atoms with Gasteiger partial charge in [-0.05, 0) is 12.1 Å². The van der Waals surface area contributed by atoms with Gasteiger partial charge in [0.25, 0.3) is 0 Å². The molecule has 35 heavy (non-hydrogen) atoms. The maximum Gasteiger partial charge on any atom is 0.237 e. The number of fused-ring (bicyclic) bond motifs is 2. The third kappa shape index (κ3) is 4.47. The van der Waals surface area contributed by atoms with E-state index in [4.69, 9.17) is 26.3 Å². The number of carbonyl (C=O) groups excluding carboxylic acids is 1. The molecular weight excluding hydrogens is 486 g/mol. The second-order valence-corrected chi connectivity index (χ2v) is 10.2. The highest BCUT2D eigenvalue weighted by molar-refractivity contribution is 7.19. The van der Waals surface area contributed by atoms with Crippen LogP contribution in [0.3, 0.4) is 0 Å². The third-order valence-corrected chi connectivity index (χ3v) is 7.99. The van der Waals surface area contributed by atoms with E-state index in [0.717, 1.165) is 65.2 Å². The number of anilines is 1. The van der Waals surface area contributed by atoms with Crippen molar-refractivity contribution < 1.29 is 9.53 Å². The van der Waals surface area contributed by atoms with Crippen LogP contribution in [0, 0.1) is 0 Å². The number of aromatic amines is 1. The van der Waals surface area contributed by atoms with Crippen molar-refractivity contribution in [1.82, 2.24) is 30.0 Å². The maximum atomic E-state index is 11.9. The van der Waals surface area contributed by atoms with Gasteiger partial charge in [0.2, 0.25) is 5.91 Å². The molecule has 0 aliphatic carbocycles. The Morgan fingerprint density at radius 2 is 1.94 bits per heavy atom. The molecule has 2 saturated heterocycles. The molecule has 2 aliphatic heterocycles. The number of H-pyrrole nitrogens is 1. The van der Waals surface area contributed by atoms with Gasteiger partial charge in [-0.2, -0.15) is 5.10 Å². The molecule has 0 saturated carbocycles. The number of hydrogen-bond donors (Lipinski definition) is 1. The van der Waals surface area contributed by atoms with Crippen molar-refractivity contribution in [3.63, 3.8) is 0 Å². The molecule has 11 heteroatoms. The van der Waals surface area contributed by atoms with Crippen LogP contribution < -0.4 is 4.90 Å². The molecule has 0 radical (unpaired) electrons. The lowest BCUT2D eigenvalue weighted by Crippen LogP contribution is -2.48. The first-order valence-electron chi connectivity index (χ1n) is 11.8. The molecule has 1 aromatic carbocycles. The quantitative estimate of drug-likeness (QED) is 0.412. The molecule has 9 nitrogen and oxygen atoms in total. The number of alkyl halides is 1. The van der Waals surface area contributed by atoms with E-state index in [1.807, 2.05) is 23.2 Å². The van der Waals surface area contributed by atoms with Crippen LogP contribution >= 0.6 is 22.9 Å². The van der Waals surface area contributed by atoms with Gasteiger partial charge in [-0.1, -0.05) is 12.1 Å². The molecule has 1 amide bonds. The molecule has 5 heterocycles. The van der Waals surface area contributed by atoms with E-state index < -0.39 is 0 Å². The number of morpholine rings is 1. The van der Waals surface area contributed by atoms with Gasteiger partial charge in [0.05, 0.1) is 35.1 Å². The van der Waals surface area contributed by atoms with Crippen molar-refractivity contribution in [1.29, 1.82) is 0 Å². The van der Waals surface area contributed by atoms with Crippen molar-refractivity contribution in [2.75, 3.05) is 63.3 Å². The summed E-state index contributed by atoms with van der Waals surface area (Å²) < 4.78 is 6.71. The zero-order valence-electron chi connectivity index (χ0n) is 19.2. The molecule has 4 aromatic rings. The van der Waals surface area contributed by atoms with Crippen molar-refractivity contribution in [3.05, 3.63) is 35.3 Å². The van der Waals surface area contributed by atoms with Crippen LogP contribution in [0.15, 0.2) is 30.5 Å². The predicted molar refractivity (Wildman–Crippen MR) is 138 cm³/mol. The number of aromatic nitrogens is 4. The topological polar surface area (TPSA) is 90.5 Å². The van der Waals surface area contributed by atoms with Crippen LogP contribution in [0.2, 0.25) is 0 Å². The van der Waals surface area contributed by atoms with Gasteiger partial charge in [-0.3, -0.25) is 14.8 Å². The highest BCUT2D eigenvalue weighted by Gasteiger charge is 2.24. The Morgan fingerprint density at radius 1 is 1.11 bits per heavy atom. The number of benzene rings is 1. The van der Waals surface area contributed by atoms with Crippen LogP contribution in [0.4, 0.5) is 5.82 Å². The lowest BCUT2D eigenvalue weighted by Gasteiger charge is -2.34. The van der Waals surface area contributed by atoms with Crippen LogP contribution in [0.5, 0.6) is 0 Å². The minimum atomic E-state index is 0.0128. The number of thiophene rings is 1. The van der Waals surface area contributed by atoms with Gasteiger partial charge >= 0.3 is 0 Å². The Morgan fingerprint density at radius 3 is 2.74 bits per heavy atom.